The summed E-state index contributed by atoms with van der Waals surface area (Å²) in [4.78, 5) is 32.3. The van der Waals surface area contributed by atoms with E-state index in [1.54, 1.807) is 0 Å². The maximum atomic E-state index is 12.9. The van der Waals surface area contributed by atoms with Gasteiger partial charge >= 0.3 is 0 Å². The van der Waals surface area contributed by atoms with Crippen LogP contribution >= 0.6 is 0 Å². The lowest BCUT2D eigenvalue weighted by molar-refractivity contribution is -0.142. The van der Waals surface area contributed by atoms with Crippen LogP contribution < -0.4 is 0 Å². The lowest BCUT2D eigenvalue weighted by Crippen LogP contribution is -2.52. The van der Waals surface area contributed by atoms with Gasteiger partial charge in [-0.1, -0.05) is 18.2 Å². The van der Waals surface area contributed by atoms with Gasteiger partial charge in [-0.2, -0.15) is 0 Å². The normalized spacial score (nSPS) is 19.4. The molecule has 2 aliphatic rings. The predicted octanol–water partition coefficient (Wildman–Crippen LogP) is 3.30. The van der Waals surface area contributed by atoms with Crippen LogP contribution in [0.15, 0.2) is 54.7 Å². The van der Waals surface area contributed by atoms with Crippen molar-refractivity contribution in [2.24, 2.45) is 0 Å². The lowest BCUT2D eigenvalue weighted by Gasteiger charge is -2.35. The van der Waals surface area contributed by atoms with E-state index in [1.165, 1.54) is 5.39 Å². The van der Waals surface area contributed by atoms with Crippen LogP contribution in [0.25, 0.3) is 22.0 Å². The van der Waals surface area contributed by atoms with Gasteiger partial charge in [-0.15, -0.1) is 0 Å². The first-order valence-electron chi connectivity index (χ1n) is 10.6. The third-order valence-electron chi connectivity index (χ3n) is 6.10. The van der Waals surface area contributed by atoms with Crippen LogP contribution in [0.1, 0.15) is 23.2 Å². The van der Waals surface area contributed by atoms with Crippen molar-refractivity contribution >= 4 is 22.7 Å². The Kier molecular flexibility index (Phi) is 5.01. The van der Waals surface area contributed by atoms with E-state index >= 15 is 0 Å². The van der Waals surface area contributed by atoms with Gasteiger partial charge in [0.1, 0.15) is 6.10 Å². The number of hydrogen-bond acceptors (Lipinski definition) is 3. The number of nitrogens with one attached hydrogen (secondary N) is 1. The fourth-order valence-corrected chi connectivity index (χ4v) is 4.33. The summed E-state index contributed by atoms with van der Waals surface area (Å²) in [5, 5.41) is 1.17. The van der Waals surface area contributed by atoms with Gasteiger partial charge < -0.3 is 19.5 Å². The van der Waals surface area contributed by atoms with E-state index in [1.807, 2.05) is 40.3 Å². The van der Waals surface area contributed by atoms with Crippen molar-refractivity contribution in [1.82, 2.24) is 14.8 Å². The third kappa shape index (κ3) is 3.59. The first kappa shape index (κ1) is 18.9. The molecule has 3 heterocycles. The first-order chi connectivity index (χ1) is 14.7. The van der Waals surface area contributed by atoms with Gasteiger partial charge in [0.2, 0.25) is 0 Å². The van der Waals surface area contributed by atoms with Crippen LogP contribution in [0.2, 0.25) is 0 Å². The van der Waals surface area contributed by atoms with Crippen LogP contribution in [-0.4, -0.2) is 65.5 Å². The Morgan fingerprint density at radius 3 is 2.37 bits per heavy atom. The summed E-state index contributed by atoms with van der Waals surface area (Å²) < 4.78 is 5.50. The highest BCUT2D eigenvalue weighted by atomic mass is 16.5. The Morgan fingerprint density at radius 1 is 0.900 bits per heavy atom. The summed E-state index contributed by atoms with van der Waals surface area (Å²) >= 11 is 0. The van der Waals surface area contributed by atoms with Crippen molar-refractivity contribution in [2.45, 2.75) is 18.9 Å². The molecular formula is C24H25N3O3. The largest absolute Gasteiger partial charge is 0.368 e. The molecule has 2 fully saturated rings. The zero-order valence-electron chi connectivity index (χ0n) is 16.8. The average molecular weight is 403 g/mol. The molecule has 2 saturated heterocycles. The molecule has 3 aromatic rings. The molecule has 1 N–H and O–H groups in total. The predicted molar refractivity (Wildman–Crippen MR) is 115 cm³/mol. The summed E-state index contributed by atoms with van der Waals surface area (Å²) in [7, 11) is 0. The standard InChI is InChI=1S/C24H25N3O3/c28-23(26-11-13-27(14-12-26)24(29)22-2-1-15-30-22)18-5-3-17(4-6-18)19-7-8-21-20(16-19)9-10-25-21/h3-10,16,22,25H,1-2,11-15H2/t22-/m1/s1. The van der Waals surface area contributed by atoms with Crippen LogP contribution in [-0.2, 0) is 9.53 Å². The summed E-state index contributed by atoms with van der Waals surface area (Å²) in [5.41, 5.74) is 4.01. The Balaban J connectivity index is 1.23. The number of amides is 2. The fraction of sp³-hybridized carbons (Fsp3) is 0.333. The van der Waals surface area contributed by atoms with Crippen molar-refractivity contribution in [3.8, 4) is 11.1 Å². The molecule has 30 heavy (non-hydrogen) atoms. The molecule has 2 amide bonds. The SMILES string of the molecule is O=C(c1ccc(-c2ccc3[nH]ccc3c2)cc1)N1CCN(C(=O)[C@H]2CCCO2)CC1. The minimum atomic E-state index is -0.287. The number of carbonyl (C=O) groups is 2. The van der Waals surface area contributed by atoms with Gasteiger partial charge in [-0.05, 0) is 59.7 Å². The Bertz CT molecular complexity index is 1060. The van der Waals surface area contributed by atoms with Crippen molar-refractivity contribution in [2.75, 3.05) is 32.8 Å². The highest BCUT2D eigenvalue weighted by Crippen LogP contribution is 2.25. The number of aromatic nitrogens is 1. The van der Waals surface area contributed by atoms with Gasteiger partial charge in [0, 0.05) is 50.1 Å². The number of ether oxygens (including phenoxy) is 1. The molecular weight excluding hydrogens is 378 g/mol. The van der Waals surface area contributed by atoms with Gasteiger partial charge in [0.05, 0.1) is 0 Å². The second-order valence-corrected chi connectivity index (χ2v) is 7.98. The van der Waals surface area contributed by atoms with E-state index in [0.29, 0.717) is 38.3 Å². The second-order valence-electron chi connectivity index (χ2n) is 7.98. The average Bonchev–Trinajstić information content (AvgIpc) is 3.50. The number of carbonyl (C=O) groups excluding carboxylic acids is 2. The van der Waals surface area contributed by atoms with E-state index in [0.717, 1.165) is 29.5 Å². The number of hydrogen-bond donors (Lipinski definition) is 1. The molecule has 2 aromatic carbocycles. The Hall–Kier alpha value is -3.12. The van der Waals surface area contributed by atoms with Crippen LogP contribution in [0.4, 0.5) is 0 Å². The van der Waals surface area contributed by atoms with Gasteiger partial charge in [-0.25, -0.2) is 0 Å². The number of H-pyrrole nitrogens is 1. The van der Waals surface area contributed by atoms with E-state index in [9.17, 15) is 9.59 Å². The Morgan fingerprint density at radius 2 is 1.63 bits per heavy atom. The number of nitrogens with zero attached hydrogens (tertiary/aromatic N) is 2. The topological polar surface area (TPSA) is 65.6 Å². The molecule has 0 bridgehead atoms. The quantitative estimate of drug-likeness (QED) is 0.730. The number of rotatable bonds is 3. The smallest absolute Gasteiger partial charge is 0.253 e. The molecule has 6 heteroatoms. The lowest BCUT2D eigenvalue weighted by atomic mass is 10.0. The summed E-state index contributed by atoms with van der Waals surface area (Å²) in [6.07, 6.45) is 3.40. The van der Waals surface area contributed by atoms with Crippen LogP contribution in [0.3, 0.4) is 0 Å². The van der Waals surface area contributed by atoms with Crippen molar-refractivity contribution in [3.63, 3.8) is 0 Å². The second kappa shape index (κ2) is 7.95. The monoisotopic (exact) mass is 403 g/mol. The van der Waals surface area contributed by atoms with Crippen LogP contribution in [0, 0.1) is 0 Å². The molecule has 0 aliphatic carbocycles. The number of benzene rings is 2. The maximum Gasteiger partial charge on any atom is 0.253 e. The zero-order chi connectivity index (χ0) is 20.5. The van der Waals surface area contributed by atoms with E-state index < -0.39 is 0 Å². The summed E-state index contributed by atoms with van der Waals surface area (Å²) in [6, 6.07) is 16.1. The molecule has 0 unspecified atom stereocenters. The van der Waals surface area contributed by atoms with Gasteiger partial charge in [-0.3, -0.25) is 9.59 Å². The van der Waals surface area contributed by atoms with E-state index in [-0.39, 0.29) is 17.9 Å². The van der Waals surface area contributed by atoms with Crippen LogP contribution in [0.5, 0.6) is 0 Å². The highest BCUT2D eigenvalue weighted by molar-refractivity contribution is 5.95. The van der Waals surface area contributed by atoms with Gasteiger partial charge in [0.15, 0.2) is 0 Å². The minimum absolute atomic E-state index is 0.0202. The zero-order valence-corrected chi connectivity index (χ0v) is 16.8. The first-order valence-corrected chi connectivity index (χ1v) is 10.6. The number of aromatic amines is 1. The molecule has 1 atom stereocenters. The molecule has 5 rings (SSSR count). The summed E-state index contributed by atoms with van der Waals surface area (Å²) in [6.45, 7) is 2.93. The molecule has 0 spiro atoms. The maximum absolute atomic E-state index is 12.9. The molecule has 0 radical (unpaired) electrons. The molecule has 6 nitrogen and oxygen atoms in total. The fourth-order valence-electron chi connectivity index (χ4n) is 4.33. The molecule has 1 aromatic heterocycles. The highest BCUT2D eigenvalue weighted by Gasteiger charge is 2.31. The van der Waals surface area contributed by atoms with E-state index in [4.69, 9.17) is 4.74 Å². The Labute approximate surface area is 175 Å². The molecule has 0 saturated carbocycles. The van der Waals surface area contributed by atoms with Crippen molar-refractivity contribution in [1.29, 1.82) is 0 Å². The van der Waals surface area contributed by atoms with E-state index in [2.05, 4.69) is 29.2 Å². The summed E-state index contributed by atoms with van der Waals surface area (Å²) in [5.74, 6) is 0.0928. The molecule has 154 valence electrons. The molecule has 2 aliphatic heterocycles. The van der Waals surface area contributed by atoms with Crippen molar-refractivity contribution in [3.05, 3.63) is 60.3 Å². The number of fused-ring (bicyclic) bond motifs is 1. The van der Waals surface area contributed by atoms with Crippen molar-refractivity contribution < 1.29 is 14.3 Å². The van der Waals surface area contributed by atoms with Gasteiger partial charge in [0.25, 0.3) is 11.8 Å². The number of piperazine rings is 1. The minimum Gasteiger partial charge on any atom is -0.368 e. The third-order valence-corrected chi connectivity index (χ3v) is 6.10.